The van der Waals surface area contributed by atoms with Crippen molar-refractivity contribution in [2.75, 3.05) is 26.2 Å². The van der Waals surface area contributed by atoms with Crippen molar-refractivity contribution in [1.82, 2.24) is 14.2 Å². The number of hydrogen-bond donors (Lipinski definition) is 0. The lowest BCUT2D eigenvalue weighted by Crippen LogP contribution is -2.50. The fourth-order valence-corrected chi connectivity index (χ4v) is 4.51. The van der Waals surface area contributed by atoms with E-state index in [0.717, 1.165) is 28.6 Å². The molecule has 1 fully saturated rings. The Balaban J connectivity index is 1.69. The van der Waals surface area contributed by atoms with Gasteiger partial charge in [-0.1, -0.05) is 23.2 Å². The zero-order valence-electron chi connectivity index (χ0n) is 14.7. The number of hydrogen-bond acceptors (Lipinski definition) is 4. The van der Waals surface area contributed by atoms with Crippen molar-refractivity contribution >= 4 is 39.1 Å². The minimum Gasteiger partial charge on any atom is -0.336 e. The molecular formula is C17H14Cl2F3N3O3S. The highest BCUT2D eigenvalue weighted by Crippen LogP contribution is 2.30. The maximum atomic E-state index is 12.7. The van der Waals surface area contributed by atoms with Gasteiger partial charge in [-0.05, 0) is 30.3 Å². The second-order valence-electron chi connectivity index (χ2n) is 6.22. The van der Waals surface area contributed by atoms with Crippen LogP contribution in [-0.2, 0) is 16.2 Å². The van der Waals surface area contributed by atoms with E-state index < -0.39 is 21.8 Å². The Hall–Kier alpha value is -1.88. The number of halogens is 5. The summed E-state index contributed by atoms with van der Waals surface area (Å²) >= 11 is 11.6. The molecule has 156 valence electrons. The average molecular weight is 468 g/mol. The van der Waals surface area contributed by atoms with E-state index in [4.69, 9.17) is 23.2 Å². The Morgan fingerprint density at radius 1 is 1.03 bits per heavy atom. The molecule has 1 amide bonds. The number of carbonyl (C=O) groups is 1. The van der Waals surface area contributed by atoms with Gasteiger partial charge in [-0.25, -0.2) is 13.4 Å². The molecule has 12 heteroatoms. The van der Waals surface area contributed by atoms with Gasteiger partial charge in [0.05, 0.1) is 21.0 Å². The van der Waals surface area contributed by atoms with Crippen LogP contribution < -0.4 is 0 Å². The topological polar surface area (TPSA) is 70.6 Å². The normalized spacial score (nSPS) is 16.1. The third-order valence-corrected chi connectivity index (χ3v) is 6.99. The lowest BCUT2D eigenvalue weighted by Gasteiger charge is -2.34. The molecule has 1 aliphatic heterocycles. The Bertz CT molecular complexity index is 1020. The summed E-state index contributed by atoms with van der Waals surface area (Å²) in [5.41, 5.74) is -0.708. The van der Waals surface area contributed by atoms with Gasteiger partial charge in [0.25, 0.3) is 5.91 Å². The largest absolute Gasteiger partial charge is 0.416 e. The van der Waals surface area contributed by atoms with Crippen LogP contribution in [0.3, 0.4) is 0 Å². The molecule has 1 aromatic carbocycles. The van der Waals surface area contributed by atoms with Crippen LogP contribution in [0.25, 0.3) is 0 Å². The van der Waals surface area contributed by atoms with Crippen LogP contribution in [0.2, 0.25) is 10.2 Å². The predicted molar refractivity (Wildman–Crippen MR) is 100 cm³/mol. The number of rotatable bonds is 3. The molecule has 2 heterocycles. The minimum absolute atomic E-state index is 0.00382. The summed E-state index contributed by atoms with van der Waals surface area (Å²) in [5.74, 6) is -0.373. The zero-order valence-corrected chi connectivity index (χ0v) is 17.0. The highest BCUT2D eigenvalue weighted by molar-refractivity contribution is 7.89. The molecule has 1 saturated heterocycles. The van der Waals surface area contributed by atoms with E-state index in [1.165, 1.54) is 17.2 Å². The van der Waals surface area contributed by atoms with E-state index >= 15 is 0 Å². The number of sulfonamides is 1. The van der Waals surface area contributed by atoms with Crippen molar-refractivity contribution in [1.29, 1.82) is 0 Å². The molecule has 2 aromatic rings. The van der Waals surface area contributed by atoms with Crippen LogP contribution >= 0.6 is 23.2 Å². The quantitative estimate of drug-likeness (QED) is 0.647. The summed E-state index contributed by atoms with van der Waals surface area (Å²) in [5, 5.41) is 0.191. The van der Waals surface area contributed by atoms with Crippen molar-refractivity contribution in [2.45, 2.75) is 11.1 Å². The lowest BCUT2D eigenvalue weighted by atomic mass is 10.2. The Labute approximate surface area is 174 Å². The van der Waals surface area contributed by atoms with E-state index in [0.29, 0.717) is 0 Å². The van der Waals surface area contributed by atoms with Crippen LogP contribution in [0.4, 0.5) is 13.2 Å². The van der Waals surface area contributed by atoms with E-state index in [1.807, 2.05) is 0 Å². The molecule has 29 heavy (non-hydrogen) atoms. The predicted octanol–water partition coefficient (Wildman–Crippen LogP) is 3.55. The second kappa shape index (κ2) is 8.10. The minimum atomic E-state index is -4.55. The number of amides is 1. The first-order chi connectivity index (χ1) is 13.5. The fourth-order valence-electron chi connectivity index (χ4n) is 2.82. The maximum absolute atomic E-state index is 12.7. The van der Waals surface area contributed by atoms with Crippen molar-refractivity contribution in [3.8, 4) is 0 Å². The summed E-state index contributed by atoms with van der Waals surface area (Å²) < 4.78 is 64.5. The molecule has 0 spiro atoms. The molecule has 0 bridgehead atoms. The molecule has 0 saturated carbocycles. The van der Waals surface area contributed by atoms with Gasteiger partial charge in [0.15, 0.2) is 0 Å². The summed E-state index contributed by atoms with van der Waals surface area (Å²) in [6, 6.07) is 4.69. The number of pyridine rings is 1. The number of benzene rings is 1. The summed E-state index contributed by atoms with van der Waals surface area (Å²) in [6.45, 7) is 0.228. The van der Waals surface area contributed by atoms with Crippen molar-refractivity contribution in [3.05, 3.63) is 57.8 Å². The lowest BCUT2D eigenvalue weighted by molar-refractivity contribution is -0.137. The fraction of sp³-hybridized carbons (Fsp3) is 0.294. The molecule has 0 unspecified atom stereocenters. The first-order valence-corrected chi connectivity index (χ1v) is 10.5. The Morgan fingerprint density at radius 2 is 1.62 bits per heavy atom. The van der Waals surface area contributed by atoms with Gasteiger partial charge in [0.2, 0.25) is 10.0 Å². The second-order valence-corrected chi connectivity index (χ2v) is 8.92. The molecule has 6 nitrogen and oxygen atoms in total. The molecule has 1 aromatic heterocycles. The number of carbonyl (C=O) groups excluding carboxylic acids is 1. The Morgan fingerprint density at radius 3 is 2.14 bits per heavy atom. The Kier molecular flexibility index (Phi) is 6.09. The van der Waals surface area contributed by atoms with Gasteiger partial charge >= 0.3 is 6.18 Å². The first kappa shape index (κ1) is 21.8. The van der Waals surface area contributed by atoms with Crippen molar-refractivity contribution in [2.24, 2.45) is 0 Å². The van der Waals surface area contributed by atoms with Gasteiger partial charge in [-0.2, -0.15) is 17.5 Å². The molecule has 1 aliphatic rings. The third-order valence-electron chi connectivity index (χ3n) is 4.39. The standard InChI is InChI=1S/C17H14Cl2F3N3O3S/c18-14-9-11(10-23-15(14)19)16(26)24-5-7-25(8-6-24)29(27,28)13-3-1-12(2-4-13)17(20,21)22/h1-4,9-10H,5-8H2. The SMILES string of the molecule is O=C(c1cnc(Cl)c(Cl)c1)N1CCN(S(=O)(=O)c2ccc(C(F)(F)F)cc2)CC1. The highest BCUT2D eigenvalue weighted by atomic mass is 35.5. The highest BCUT2D eigenvalue weighted by Gasteiger charge is 2.33. The van der Waals surface area contributed by atoms with Crippen LogP contribution in [0.15, 0.2) is 41.4 Å². The number of nitrogens with zero attached hydrogens (tertiary/aromatic N) is 3. The summed E-state index contributed by atoms with van der Waals surface area (Å²) in [7, 11) is -3.97. The van der Waals surface area contributed by atoms with Crippen molar-refractivity contribution in [3.63, 3.8) is 0 Å². The number of piperazine rings is 1. The van der Waals surface area contributed by atoms with Gasteiger partial charge < -0.3 is 4.90 Å². The van der Waals surface area contributed by atoms with Gasteiger partial charge in [0.1, 0.15) is 5.15 Å². The molecule has 3 rings (SSSR count). The van der Waals surface area contributed by atoms with Crippen LogP contribution in [0.5, 0.6) is 0 Å². The molecular weight excluding hydrogens is 454 g/mol. The van der Waals surface area contributed by atoms with Crippen LogP contribution in [-0.4, -0.2) is 54.7 Å². The molecule has 0 N–H and O–H groups in total. The first-order valence-electron chi connectivity index (χ1n) is 8.28. The average Bonchev–Trinajstić information content (AvgIpc) is 2.69. The van der Waals surface area contributed by atoms with Crippen LogP contribution in [0.1, 0.15) is 15.9 Å². The van der Waals surface area contributed by atoms with E-state index in [9.17, 15) is 26.4 Å². The summed E-state index contributed by atoms with van der Waals surface area (Å²) in [6.07, 6.45) is -3.27. The van der Waals surface area contributed by atoms with Gasteiger partial charge in [-0.15, -0.1) is 0 Å². The van der Waals surface area contributed by atoms with Crippen molar-refractivity contribution < 1.29 is 26.4 Å². The number of aromatic nitrogens is 1. The molecule has 0 atom stereocenters. The number of alkyl halides is 3. The third kappa shape index (κ3) is 4.66. The smallest absolute Gasteiger partial charge is 0.336 e. The molecule has 0 radical (unpaired) electrons. The van der Waals surface area contributed by atoms with Gasteiger partial charge in [0, 0.05) is 32.4 Å². The van der Waals surface area contributed by atoms with E-state index in [1.54, 1.807) is 0 Å². The monoisotopic (exact) mass is 467 g/mol. The maximum Gasteiger partial charge on any atom is 0.416 e. The van der Waals surface area contributed by atoms with E-state index in [-0.39, 0.29) is 52.7 Å². The molecule has 0 aliphatic carbocycles. The zero-order chi connectivity index (χ0) is 21.4. The van der Waals surface area contributed by atoms with Crippen LogP contribution in [0, 0.1) is 0 Å². The van der Waals surface area contributed by atoms with E-state index in [2.05, 4.69) is 4.98 Å². The summed E-state index contributed by atoms with van der Waals surface area (Å²) in [4.78, 5) is 17.6. The van der Waals surface area contributed by atoms with Gasteiger partial charge in [-0.3, -0.25) is 4.79 Å².